The Morgan fingerprint density at radius 2 is 2.00 bits per heavy atom. The summed E-state index contributed by atoms with van der Waals surface area (Å²) in [5, 5.41) is 3.00. The first kappa shape index (κ1) is 12.9. The number of rotatable bonds is 3. The van der Waals surface area contributed by atoms with Crippen molar-refractivity contribution >= 4 is 15.9 Å². The average molecular weight is 308 g/mol. The fraction of sp³-hybridized carbons (Fsp3) is 0.500. The molecule has 0 bridgehead atoms. The summed E-state index contributed by atoms with van der Waals surface area (Å²) in [7, 11) is 1.71. The van der Waals surface area contributed by atoms with Crippen LogP contribution in [0.15, 0.2) is 22.7 Å². The highest BCUT2D eigenvalue weighted by Gasteiger charge is 2.39. The molecule has 1 unspecified atom stereocenters. The van der Waals surface area contributed by atoms with Crippen LogP contribution < -0.4 is 5.32 Å². The normalized spacial score (nSPS) is 18.2. The van der Waals surface area contributed by atoms with E-state index in [9.17, 15) is 13.2 Å². The third-order valence-corrected chi connectivity index (χ3v) is 3.55. The van der Waals surface area contributed by atoms with Crippen molar-refractivity contribution in [2.75, 3.05) is 7.05 Å². The summed E-state index contributed by atoms with van der Waals surface area (Å²) in [6.07, 6.45) is -2.30. The van der Waals surface area contributed by atoms with Crippen LogP contribution in [0, 0.1) is 5.92 Å². The smallest absolute Gasteiger partial charge is 0.313 e. The molecule has 1 aromatic carbocycles. The molecule has 0 aliphatic heterocycles. The maximum atomic E-state index is 13.0. The largest absolute Gasteiger partial charge is 0.416 e. The lowest BCUT2D eigenvalue weighted by Crippen LogP contribution is -2.22. The van der Waals surface area contributed by atoms with Crippen molar-refractivity contribution in [1.29, 1.82) is 0 Å². The lowest BCUT2D eigenvalue weighted by molar-refractivity contribution is -0.138. The standard InChI is InChI=1S/C12H13BrF3N/c1-17-11(7-2-3-7)9-5-4-8(13)6-10(9)12(14,15)16/h4-7,11,17H,2-3H2,1H3. The van der Waals surface area contributed by atoms with E-state index >= 15 is 0 Å². The first-order valence-corrected chi connectivity index (χ1v) is 6.26. The van der Waals surface area contributed by atoms with Crippen molar-refractivity contribution < 1.29 is 13.2 Å². The van der Waals surface area contributed by atoms with Gasteiger partial charge in [0.2, 0.25) is 0 Å². The van der Waals surface area contributed by atoms with Gasteiger partial charge in [0, 0.05) is 10.5 Å². The second-order valence-corrected chi connectivity index (χ2v) is 5.25. The van der Waals surface area contributed by atoms with Crippen LogP contribution in [-0.2, 0) is 6.18 Å². The number of halogens is 4. The molecule has 1 aliphatic rings. The summed E-state index contributed by atoms with van der Waals surface area (Å²) < 4.78 is 39.3. The first-order valence-electron chi connectivity index (χ1n) is 5.47. The minimum absolute atomic E-state index is 0.195. The number of nitrogens with one attached hydrogen (secondary N) is 1. The van der Waals surface area contributed by atoms with Gasteiger partial charge in [0.1, 0.15) is 0 Å². The topological polar surface area (TPSA) is 12.0 Å². The van der Waals surface area contributed by atoms with Gasteiger partial charge in [-0.15, -0.1) is 0 Å². The van der Waals surface area contributed by atoms with Crippen LogP contribution in [0.3, 0.4) is 0 Å². The summed E-state index contributed by atoms with van der Waals surface area (Å²) >= 11 is 3.09. The van der Waals surface area contributed by atoms with Gasteiger partial charge < -0.3 is 5.32 Å². The number of hydrogen-bond acceptors (Lipinski definition) is 1. The van der Waals surface area contributed by atoms with E-state index in [-0.39, 0.29) is 6.04 Å². The molecule has 1 N–H and O–H groups in total. The maximum absolute atomic E-state index is 13.0. The molecule has 0 aromatic heterocycles. The molecule has 5 heteroatoms. The van der Waals surface area contributed by atoms with E-state index in [0.717, 1.165) is 18.9 Å². The summed E-state index contributed by atoms with van der Waals surface area (Å²) in [4.78, 5) is 0. The van der Waals surface area contributed by atoms with Gasteiger partial charge in [0.25, 0.3) is 0 Å². The fourth-order valence-electron chi connectivity index (χ4n) is 2.12. The lowest BCUT2D eigenvalue weighted by atomic mass is 9.96. The average Bonchev–Trinajstić information content (AvgIpc) is 3.04. The molecule has 1 aromatic rings. The molecule has 0 spiro atoms. The number of benzene rings is 1. The molecule has 2 rings (SSSR count). The van der Waals surface area contributed by atoms with E-state index in [1.54, 1.807) is 19.2 Å². The minimum Gasteiger partial charge on any atom is -0.313 e. The van der Waals surface area contributed by atoms with Gasteiger partial charge in [-0.1, -0.05) is 22.0 Å². The van der Waals surface area contributed by atoms with Crippen LogP contribution in [0.5, 0.6) is 0 Å². The Kier molecular flexibility index (Phi) is 3.50. The van der Waals surface area contributed by atoms with Crippen LogP contribution in [-0.4, -0.2) is 7.05 Å². The summed E-state index contributed by atoms with van der Waals surface area (Å²) in [5.74, 6) is 0.335. The molecule has 1 saturated carbocycles. The molecular weight excluding hydrogens is 295 g/mol. The number of alkyl halides is 3. The maximum Gasteiger partial charge on any atom is 0.416 e. The molecule has 1 nitrogen and oxygen atoms in total. The molecule has 0 amide bonds. The molecule has 1 fully saturated rings. The predicted octanol–water partition coefficient (Wildman–Crippen LogP) is 4.14. The van der Waals surface area contributed by atoms with Crippen LogP contribution in [0.1, 0.15) is 30.0 Å². The van der Waals surface area contributed by atoms with Gasteiger partial charge in [-0.3, -0.25) is 0 Å². The molecule has 0 heterocycles. The van der Waals surface area contributed by atoms with E-state index < -0.39 is 11.7 Å². The molecule has 94 valence electrons. The van der Waals surface area contributed by atoms with Crippen LogP contribution in [0.2, 0.25) is 0 Å². The van der Waals surface area contributed by atoms with Crippen molar-refractivity contribution in [2.24, 2.45) is 5.92 Å². The van der Waals surface area contributed by atoms with Gasteiger partial charge in [-0.25, -0.2) is 0 Å². The molecule has 0 saturated heterocycles. The molecule has 17 heavy (non-hydrogen) atoms. The van der Waals surface area contributed by atoms with Gasteiger partial charge in [-0.05, 0) is 43.5 Å². The number of hydrogen-bond donors (Lipinski definition) is 1. The Labute approximate surface area is 107 Å². The van der Waals surface area contributed by atoms with E-state index in [0.29, 0.717) is 16.0 Å². The fourth-order valence-corrected chi connectivity index (χ4v) is 2.48. The van der Waals surface area contributed by atoms with E-state index in [4.69, 9.17) is 0 Å². The monoisotopic (exact) mass is 307 g/mol. The highest BCUT2D eigenvalue weighted by Crippen LogP contribution is 2.45. The molecule has 0 radical (unpaired) electrons. The van der Waals surface area contributed by atoms with E-state index in [1.807, 2.05) is 0 Å². The van der Waals surface area contributed by atoms with Crippen molar-refractivity contribution in [3.8, 4) is 0 Å². The lowest BCUT2D eigenvalue weighted by Gasteiger charge is -2.21. The second-order valence-electron chi connectivity index (χ2n) is 4.33. The summed E-state index contributed by atoms with van der Waals surface area (Å²) in [6.45, 7) is 0. The van der Waals surface area contributed by atoms with Crippen molar-refractivity contribution in [2.45, 2.75) is 25.1 Å². The van der Waals surface area contributed by atoms with E-state index in [2.05, 4.69) is 21.2 Å². The van der Waals surface area contributed by atoms with Gasteiger partial charge >= 0.3 is 6.18 Å². The molecule has 1 aliphatic carbocycles. The van der Waals surface area contributed by atoms with Gasteiger partial charge in [-0.2, -0.15) is 13.2 Å². The van der Waals surface area contributed by atoms with Crippen molar-refractivity contribution in [3.05, 3.63) is 33.8 Å². The zero-order chi connectivity index (χ0) is 12.6. The predicted molar refractivity (Wildman–Crippen MR) is 63.7 cm³/mol. The Hall–Kier alpha value is -0.550. The summed E-state index contributed by atoms with van der Waals surface area (Å²) in [6, 6.07) is 4.19. The molecule has 1 atom stereocenters. The van der Waals surface area contributed by atoms with Gasteiger partial charge in [0.05, 0.1) is 5.56 Å². The molecular formula is C12H13BrF3N. The Morgan fingerprint density at radius 3 is 2.47 bits per heavy atom. The third-order valence-electron chi connectivity index (χ3n) is 3.06. The Bertz CT molecular complexity index is 413. The third kappa shape index (κ3) is 2.83. The van der Waals surface area contributed by atoms with Gasteiger partial charge in [0.15, 0.2) is 0 Å². The van der Waals surface area contributed by atoms with Crippen LogP contribution >= 0.6 is 15.9 Å². The quantitative estimate of drug-likeness (QED) is 0.885. The zero-order valence-corrected chi connectivity index (χ0v) is 10.9. The second kappa shape index (κ2) is 4.61. The summed E-state index contributed by atoms with van der Waals surface area (Å²) in [5.41, 5.74) is -0.191. The van der Waals surface area contributed by atoms with Crippen LogP contribution in [0.25, 0.3) is 0 Å². The SMILES string of the molecule is CNC(c1ccc(Br)cc1C(F)(F)F)C1CC1. The van der Waals surface area contributed by atoms with Crippen LogP contribution in [0.4, 0.5) is 13.2 Å². The zero-order valence-electron chi connectivity index (χ0n) is 9.31. The Morgan fingerprint density at radius 1 is 1.35 bits per heavy atom. The minimum atomic E-state index is -4.30. The Balaban J connectivity index is 2.44. The highest BCUT2D eigenvalue weighted by molar-refractivity contribution is 9.10. The highest BCUT2D eigenvalue weighted by atomic mass is 79.9. The van der Waals surface area contributed by atoms with Crippen molar-refractivity contribution in [3.63, 3.8) is 0 Å². The van der Waals surface area contributed by atoms with E-state index in [1.165, 1.54) is 0 Å². The first-order chi connectivity index (χ1) is 7.93. The van der Waals surface area contributed by atoms with Crippen molar-refractivity contribution in [1.82, 2.24) is 5.32 Å².